The largest absolute Gasteiger partial charge is 0.0805 e. The van der Waals surface area contributed by atoms with Crippen LogP contribution in [0.5, 0.6) is 0 Å². The molecule has 0 bridgehead atoms. The van der Waals surface area contributed by atoms with Crippen molar-refractivity contribution >= 4 is 15.9 Å². The molecule has 1 heteroatoms. The third-order valence-electron chi connectivity index (χ3n) is 1.44. The van der Waals surface area contributed by atoms with Crippen molar-refractivity contribution in [3.05, 3.63) is 46.5 Å². The topological polar surface area (TPSA) is 0 Å². The lowest BCUT2D eigenvalue weighted by Crippen LogP contribution is -1.71. The summed E-state index contributed by atoms with van der Waals surface area (Å²) in [6, 6.07) is 0. The van der Waals surface area contributed by atoms with Gasteiger partial charge in [-0.1, -0.05) is 59.7 Å². The van der Waals surface area contributed by atoms with E-state index in [4.69, 9.17) is 0 Å². The molecular formula is C12H17Br. The summed E-state index contributed by atoms with van der Waals surface area (Å²) >= 11 is 3.45. The maximum Gasteiger partial charge on any atom is 0.0174 e. The molecule has 0 N–H and O–H groups in total. The van der Waals surface area contributed by atoms with Crippen LogP contribution in [0.3, 0.4) is 0 Å². The Labute approximate surface area is 89.9 Å². The molecule has 0 amide bonds. The second-order valence-corrected chi connectivity index (χ2v) is 3.48. The van der Waals surface area contributed by atoms with Gasteiger partial charge in [-0.25, -0.2) is 0 Å². The molecule has 1 aliphatic carbocycles. The molecule has 0 unspecified atom stereocenters. The maximum atomic E-state index is 3.45. The highest BCUT2D eigenvalue weighted by molar-refractivity contribution is 9.11. The Hall–Kier alpha value is -0.560. The fourth-order valence-corrected chi connectivity index (χ4v) is 1.43. The van der Waals surface area contributed by atoms with E-state index in [1.165, 1.54) is 5.57 Å². The van der Waals surface area contributed by atoms with Gasteiger partial charge in [0.1, 0.15) is 0 Å². The minimum absolute atomic E-state index is 1.04. The molecule has 1 aliphatic rings. The van der Waals surface area contributed by atoms with Gasteiger partial charge in [-0.15, -0.1) is 0 Å². The SMILES string of the molecule is CC.C\C1=C/C(Br)=C\C=C\C=C/C1. The average molecular weight is 241 g/mol. The molecule has 0 radical (unpaired) electrons. The van der Waals surface area contributed by atoms with Crippen LogP contribution in [0.1, 0.15) is 27.2 Å². The zero-order chi connectivity index (χ0) is 10.1. The molecule has 72 valence electrons. The van der Waals surface area contributed by atoms with E-state index in [2.05, 4.69) is 41.1 Å². The quantitative estimate of drug-likeness (QED) is 0.573. The molecule has 0 atom stereocenters. The zero-order valence-corrected chi connectivity index (χ0v) is 10.1. The number of hydrogen-bond donors (Lipinski definition) is 0. The summed E-state index contributed by atoms with van der Waals surface area (Å²) in [6.45, 7) is 6.13. The zero-order valence-electron chi connectivity index (χ0n) is 8.55. The second-order valence-electron chi connectivity index (χ2n) is 2.56. The van der Waals surface area contributed by atoms with Gasteiger partial charge < -0.3 is 0 Å². The van der Waals surface area contributed by atoms with Gasteiger partial charge >= 0.3 is 0 Å². The first kappa shape index (κ1) is 12.4. The molecule has 0 fully saturated rings. The number of halogens is 1. The highest BCUT2D eigenvalue weighted by Gasteiger charge is 1.88. The van der Waals surface area contributed by atoms with Crippen LogP contribution in [0, 0.1) is 0 Å². The van der Waals surface area contributed by atoms with Crippen LogP contribution in [-0.2, 0) is 0 Å². The van der Waals surface area contributed by atoms with Crippen molar-refractivity contribution in [2.75, 3.05) is 0 Å². The van der Waals surface area contributed by atoms with E-state index in [-0.39, 0.29) is 0 Å². The normalized spacial score (nSPS) is 28.6. The van der Waals surface area contributed by atoms with E-state index >= 15 is 0 Å². The summed E-state index contributed by atoms with van der Waals surface area (Å²) in [4.78, 5) is 0. The molecule has 0 spiro atoms. The third kappa shape index (κ3) is 6.59. The predicted molar refractivity (Wildman–Crippen MR) is 65.0 cm³/mol. The highest BCUT2D eigenvalue weighted by Crippen LogP contribution is 2.13. The summed E-state index contributed by atoms with van der Waals surface area (Å²) < 4.78 is 1.13. The molecule has 0 aliphatic heterocycles. The van der Waals surface area contributed by atoms with E-state index in [0.29, 0.717) is 0 Å². The molecule has 0 aromatic carbocycles. The lowest BCUT2D eigenvalue weighted by atomic mass is 10.2. The fourth-order valence-electron chi connectivity index (χ4n) is 0.887. The predicted octanol–water partition coefficient (Wildman–Crippen LogP) is 4.75. The molecule has 0 saturated carbocycles. The lowest BCUT2D eigenvalue weighted by Gasteiger charge is -1.93. The Kier molecular flexibility index (Phi) is 7.71. The monoisotopic (exact) mass is 240 g/mol. The van der Waals surface area contributed by atoms with Gasteiger partial charge in [0.25, 0.3) is 0 Å². The lowest BCUT2D eigenvalue weighted by molar-refractivity contribution is 1.21. The van der Waals surface area contributed by atoms with E-state index in [1.807, 2.05) is 32.1 Å². The Balaban J connectivity index is 0.000000671. The van der Waals surface area contributed by atoms with Crippen LogP contribution in [0.2, 0.25) is 0 Å². The van der Waals surface area contributed by atoms with Gasteiger partial charge in [-0.3, -0.25) is 0 Å². The van der Waals surface area contributed by atoms with Gasteiger partial charge in [-0.05, 0) is 25.5 Å². The van der Waals surface area contributed by atoms with Gasteiger partial charge in [-0.2, -0.15) is 0 Å². The van der Waals surface area contributed by atoms with Crippen LogP contribution in [0.15, 0.2) is 46.5 Å². The molecule has 0 nitrogen and oxygen atoms in total. The minimum atomic E-state index is 1.04. The molecule has 1 rings (SSSR count). The standard InChI is InChI=1S/C10H11Br.C2H6/c1-9-6-4-2-3-5-7-10(11)8-9;1-2/h2-5,7-8H,6H2,1H3;1-2H3/b4-2-,5-3+,9-8+,10-7+;. The van der Waals surface area contributed by atoms with Gasteiger partial charge in [0.05, 0.1) is 0 Å². The first-order chi connectivity index (χ1) is 6.29. The number of hydrogen-bond acceptors (Lipinski definition) is 0. The first-order valence-electron chi connectivity index (χ1n) is 4.65. The van der Waals surface area contributed by atoms with Gasteiger partial charge in [0.15, 0.2) is 0 Å². The molecule has 0 aromatic heterocycles. The minimum Gasteiger partial charge on any atom is -0.0805 e. The highest BCUT2D eigenvalue weighted by atomic mass is 79.9. The number of allylic oxidation sites excluding steroid dienone is 8. The summed E-state index contributed by atoms with van der Waals surface area (Å²) in [7, 11) is 0. The van der Waals surface area contributed by atoms with Gasteiger partial charge in [0, 0.05) is 4.48 Å². The van der Waals surface area contributed by atoms with Crippen LogP contribution >= 0.6 is 15.9 Å². The Bertz CT molecular complexity index is 242. The average Bonchev–Trinajstić information content (AvgIpc) is 2.21. The Morgan fingerprint density at radius 3 is 2.54 bits per heavy atom. The van der Waals surface area contributed by atoms with Crippen LogP contribution in [0.4, 0.5) is 0 Å². The second kappa shape index (κ2) is 8.06. The summed E-state index contributed by atoms with van der Waals surface area (Å²) in [5, 5.41) is 0. The summed E-state index contributed by atoms with van der Waals surface area (Å²) in [6.07, 6.45) is 13.5. The fraction of sp³-hybridized carbons (Fsp3) is 0.333. The van der Waals surface area contributed by atoms with Crippen molar-refractivity contribution in [2.24, 2.45) is 0 Å². The van der Waals surface area contributed by atoms with E-state index in [9.17, 15) is 0 Å². The molecule has 0 aromatic rings. The molecule has 13 heavy (non-hydrogen) atoms. The van der Waals surface area contributed by atoms with Crippen molar-refractivity contribution in [1.29, 1.82) is 0 Å². The van der Waals surface area contributed by atoms with E-state index < -0.39 is 0 Å². The maximum absolute atomic E-state index is 3.45. The van der Waals surface area contributed by atoms with Crippen LogP contribution < -0.4 is 0 Å². The van der Waals surface area contributed by atoms with E-state index in [0.717, 1.165) is 10.9 Å². The van der Waals surface area contributed by atoms with E-state index in [1.54, 1.807) is 0 Å². The van der Waals surface area contributed by atoms with Gasteiger partial charge in [0.2, 0.25) is 0 Å². The van der Waals surface area contributed by atoms with Crippen molar-refractivity contribution in [3.8, 4) is 0 Å². The number of rotatable bonds is 0. The van der Waals surface area contributed by atoms with Crippen LogP contribution in [-0.4, -0.2) is 0 Å². The first-order valence-corrected chi connectivity index (χ1v) is 5.44. The smallest absolute Gasteiger partial charge is 0.0174 e. The van der Waals surface area contributed by atoms with Crippen LogP contribution in [0.25, 0.3) is 0 Å². The van der Waals surface area contributed by atoms with Crippen molar-refractivity contribution in [1.82, 2.24) is 0 Å². The molecular weight excluding hydrogens is 224 g/mol. The summed E-state index contributed by atoms with van der Waals surface area (Å²) in [5.41, 5.74) is 1.37. The van der Waals surface area contributed by atoms with Crippen molar-refractivity contribution < 1.29 is 0 Å². The Morgan fingerprint density at radius 2 is 1.85 bits per heavy atom. The molecule has 0 saturated heterocycles. The Morgan fingerprint density at radius 1 is 1.15 bits per heavy atom. The summed E-state index contributed by atoms with van der Waals surface area (Å²) in [5.74, 6) is 0. The van der Waals surface area contributed by atoms with Crippen molar-refractivity contribution in [3.63, 3.8) is 0 Å². The molecule has 0 heterocycles. The third-order valence-corrected chi connectivity index (χ3v) is 1.93. The van der Waals surface area contributed by atoms with Crippen molar-refractivity contribution in [2.45, 2.75) is 27.2 Å².